The average Bonchev–Trinajstić information content (AvgIpc) is 2.18. The van der Waals surface area contributed by atoms with Crippen LogP contribution in [0.3, 0.4) is 0 Å². The molecule has 1 heterocycles. The Morgan fingerprint density at radius 3 is 3.00 bits per heavy atom. The zero-order chi connectivity index (χ0) is 6.69. The number of hydrogen-bond acceptors (Lipinski definition) is 2. The second-order valence-electron chi connectivity index (χ2n) is 2.56. The molecule has 0 aromatic heterocycles. The molecule has 0 aliphatic carbocycles. The van der Waals surface area contributed by atoms with Gasteiger partial charge in [0.25, 0.3) is 0 Å². The highest BCUT2D eigenvalue weighted by Crippen LogP contribution is 2.14. The summed E-state index contributed by atoms with van der Waals surface area (Å²) in [6, 6.07) is 0.579. The van der Waals surface area contributed by atoms with E-state index in [2.05, 4.69) is 11.9 Å². The van der Waals surface area contributed by atoms with Crippen LogP contribution in [0.25, 0.3) is 0 Å². The third kappa shape index (κ3) is 1.66. The van der Waals surface area contributed by atoms with E-state index in [4.69, 9.17) is 4.74 Å². The van der Waals surface area contributed by atoms with Gasteiger partial charge in [-0.05, 0) is 19.4 Å². The van der Waals surface area contributed by atoms with Crippen LogP contribution in [0.1, 0.15) is 12.8 Å². The molecule has 0 unspecified atom stereocenters. The van der Waals surface area contributed by atoms with Crippen molar-refractivity contribution in [3.05, 3.63) is 7.05 Å². The van der Waals surface area contributed by atoms with Crippen molar-refractivity contribution in [2.45, 2.75) is 18.9 Å². The van der Waals surface area contributed by atoms with Gasteiger partial charge >= 0.3 is 0 Å². The topological polar surface area (TPSA) is 12.5 Å². The van der Waals surface area contributed by atoms with Gasteiger partial charge in [-0.2, -0.15) is 0 Å². The Hall–Kier alpha value is -0.0800. The Morgan fingerprint density at radius 1 is 1.78 bits per heavy atom. The van der Waals surface area contributed by atoms with E-state index < -0.39 is 0 Å². The van der Waals surface area contributed by atoms with E-state index in [1.54, 1.807) is 7.11 Å². The highest BCUT2D eigenvalue weighted by molar-refractivity contribution is 4.77. The molecule has 54 valence electrons. The van der Waals surface area contributed by atoms with Crippen molar-refractivity contribution in [3.8, 4) is 0 Å². The highest BCUT2D eigenvalue weighted by atomic mass is 16.5. The maximum absolute atomic E-state index is 5.01. The number of ether oxygens (including phenoxy) is 1. The van der Waals surface area contributed by atoms with Crippen molar-refractivity contribution in [2.24, 2.45) is 0 Å². The fraction of sp³-hybridized carbons (Fsp3) is 0.857. The first-order chi connectivity index (χ1) is 4.34. The van der Waals surface area contributed by atoms with Crippen molar-refractivity contribution in [3.63, 3.8) is 0 Å². The first-order valence-electron chi connectivity index (χ1n) is 3.40. The lowest BCUT2D eigenvalue weighted by molar-refractivity contribution is 0.136. The van der Waals surface area contributed by atoms with Crippen LogP contribution in [0.15, 0.2) is 0 Å². The molecule has 0 amide bonds. The molecule has 0 spiro atoms. The van der Waals surface area contributed by atoms with Crippen molar-refractivity contribution in [1.82, 2.24) is 4.90 Å². The molecular weight excluding hydrogens is 114 g/mol. The van der Waals surface area contributed by atoms with Crippen LogP contribution in [0.4, 0.5) is 0 Å². The third-order valence-corrected chi connectivity index (χ3v) is 1.86. The third-order valence-electron chi connectivity index (χ3n) is 1.86. The lowest BCUT2D eigenvalue weighted by Gasteiger charge is -2.25. The number of rotatable bonds is 2. The van der Waals surface area contributed by atoms with Crippen LogP contribution >= 0.6 is 0 Å². The van der Waals surface area contributed by atoms with Gasteiger partial charge in [-0.15, -0.1) is 0 Å². The summed E-state index contributed by atoms with van der Waals surface area (Å²) in [5.41, 5.74) is 0. The Morgan fingerprint density at radius 2 is 2.56 bits per heavy atom. The summed E-state index contributed by atoms with van der Waals surface area (Å²) in [6.45, 7) is 1.97. The molecule has 0 N–H and O–H groups in total. The summed E-state index contributed by atoms with van der Waals surface area (Å²) in [6.07, 6.45) is 2.52. The van der Waals surface area contributed by atoms with Gasteiger partial charge in [-0.25, -0.2) is 0 Å². The molecule has 0 radical (unpaired) electrons. The number of nitrogens with zero attached hydrogens (tertiary/aromatic N) is 1. The molecule has 2 heteroatoms. The number of methoxy groups -OCH3 is 1. The van der Waals surface area contributed by atoms with Crippen LogP contribution in [0.2, 0.25) is 0 Å². The predicted molar refractivity (Wildman–Crippen MR) is 37.0 cm³/mol. The van der Waals surface area contributed by atoms with Crippen molar-refractivity contribution in [1.29, 1.82) is 0 Å². The molecule has 1 aliphatic heterocycles. The lowest BCUT2D eigenvalue weighted by Crippen LogP contribution is -2.26. The SMILES string of the molecule is [CH2-]N1CCC[C@@H]1COC. The lowest BCUT2D eigenvalue weighted by atomic mass is 10.2. The van der Waals surface area contributed by atoms with E-state index in [1.807, 2.05) is 0 Å². The first kappa shape index (κ1) is 7.03. The zero-order valence-corrected chi connectivity index (χ0v) is 5.97. The number of likely N-dealkylation sites (tertiary alicyclic amines) is 1. The minimum absolute atomic E-state index is 0.579. The van der Waals surface area contributed by atoms with Crippen LogP contribution in [0, 0.1) is 7.05 Å². The second-order valence-corrected chi connectivity index (χ2v) is 2.56. The van der Waals surface area contributed by atoms with Gasteiger partial charge in [0.2, 0.25) is 0 Å². The molecule has 9 heavy (non-hydrogen) atoms. The molecule has 2 nitrogen and oxygen atoms in total. The van der Waals surface area contributed by atoms with E-state index in [0.717, 1.165) is 13.2 Å². The summed E-state index contributed by atoms with van der Waals surface area (Å²) in [7, 11) is 5.63. The van der Waals surface area contributed by atoms with Gasteiger partial charge in [-0.3, -0.25) is 7.05 Å². The monoisotopic (exact) mass is 128 g/mol. The molecule has 0 aromatic rings. The van der Waals surface area contributed by atoms with Gasteiger partial charge in [0.05, 0.1) is 6.61 Å². The summed E-state index contributed by atoms with van der Waals surface area (Å²) in [5, 5.41) is 0. The maximum atomic E-state index is 5.01. The second kappa shape index (κ2) is 3.18. The van der Waals surface area contributed by atoms with Crippen LogP contribution < -0.4 is 0 Å². The number of hydrogen-bond donors (Lipinski definition) is 0. The average molecular weight is 128 g/mol. The van der Waals surface area contributed by atoms with E-state index in [0.29, 0.717) is 6.04 Å². The molecule has 1 saturated heterocycles. The highest BCUT2D eigenvalue weighted by Gasteiger charge is 2.14. The van der Waals surface area contributed by atoms with Crippen molar-refractivity contribution >= 4 is 0 Å². The van der Waals surface area contributed by atoms with E-state index in [9.17, 15) is 0 Å². The summed E-state index contributed by atoms with van der Waals surface area (Å²) in [4.78, 5) is 2.11. The Balaban J connectivity index is 2.22. The van der Waals surface area contributed by atoms with E-state index >= 15 is 0 Å². The van der Waals surface area contributed by atoms with Gasteiger partial charge in [0.1, 0.15) is 0 Å². The Kier molecular flexibility index (Phi) is 2.49. The molecule has 1 rings (SSSR count). The van der Waals surface area contributed by atoms with Crippen LogP contribution in [-0.2, 0) is 4.74 Å². The van der Waals surface area contributed by atoms with E-state index in [-0.39, 0.29) is 0 Å². The maximum Gasteiger partial charge on any atom is 0.0594 e. The van der Waals surface area contributed by atoms with Crippen molar-refractivity contribution < 1.29 is 4.74 Å². The van der Waals surface area contributed by atoms with Gasteiger partial charge in [0.15, 0.2) is 0 Å². The molecule has 1 aliphatic rings. The van der Waals surface area contributed by atoms with Gasteiger partial charge in [0, 0.05) is 13.2 Å². The van der Waals surface area contributed by atoms with Gasteiger partial charge in [-0.1, -0.05) is 0 Å². The van der Waals surface area contributed by atoms with Crippen molar-refractivity contribution in [2.75, 3.05) is 20.3 Å². The fourth-order valence-corrected chi connectivity index (χ4v) is 1.28. The summed E-state index contributed by atoms with van der Waals surface area (Å²) in [5.74, 6) is 0. The molecule has 0 saturated carbocycles. The molecule has 1 fully saturated rings. The molecular formula is C7H14NO-. The molecule has 0 aromatic carbocycles. The first-order valence-corrected chi connectivity index (χ1v) is 3.40. The Labute approximate surface area is 56.8 Å². The van der Waals surface area contributed by atoms with Crippen LogP contribution in [-0.4, -0.2) is 31.2 Å². The smallest absolute Gasteiger partial charge is 0.0594 e. The Bertz CT molecular complexity index is 85.0. The normalized spacial score (nSPS) is 29.3. The zero-order valence-electron chi connectivity index (χ0n) is 5.97. The largest absolute Gasteiger partial charge is 0.455 e. The minimum atomic E-state index is 0.579. The molecule has 1 atom stereocenters. The predicted octanol–water partition coefficient (Wildman–Crippen LogP) is 0.889. The fourth-order valence-electron chi connectivity index (χ4n) is 1.28. The minimum Gasteiger partial charge on any atom is -0.455 e. The quantitative estimate of drug-likeness (QED) is 0.512. The summed E-state index contributed by atoms with van der Waals surface area (Å²) >= 11 is 0. The summed E-state index contributed by atoms with van der Waals surface area (Å²) < 4.78 is 5.01. The van der Waals surface area contributed by atoms with Gasteiger partial charge < -0.3 is 9.64 Å². The molecule has 0 bridgehead atoms. The van der Waals surface area contributed by atoms with Crippen LogP contribution in [0.5, 0.6) is 0 Å². The van der Waals surface area contributed by atoms with E-state index in [1.165, 1.54) is 12.8 Å². The standard InChI is InChI=1S/C7H14NO/c1-8-5-3-4-7(8)6-9-2/h7H,1,3-6H2,2H3/q-1/t7-/m1/s1.